The first-order chi connectivity index (χ1) is 9.56. The Morgan fingerprint density at radius 2 is 2.25 bits per heavy atom. The number of fused-ring (bicyclic) bond motifs is 1. The Kier molecular flexibility index (Phi) is 3.44. The maximum Gasteiger partial charge on any atom is 0.142 e. The van der Waals surface area contributed by atoms with Crippen LogP contribution < -0.4 is 10.5 Å². The minimum Gasteiger partial charge on any atom is -0.484 e. The second kappa shape index (κ2) is 5.11. The van der Waals surface area contributed by atoms with E-state index in [0.29, 0.717) is 11.1 Å². The minimum atomic E-state index is -0.0713. The van der Waals surface area contributed by atoms with Gasteiger partial charge in [-0.1, -0.05) is 11.6 Å². The third kappa shape index (κ3) is 2.30. The van der Waals surface area contributed by atoms with Gasteiger partial charge in [0, 0.05) is 29.1 Å². The smallest absolute Gasteiger partial charge is 0.142 e. The summed E-state index contributed by atoms with van der Waals surface area (Å²) < 4.78 is 8.22. The van der Waals surface area contributed by atoms with Crippen molar-refractivity contribution in [1.29, 1.82) is 0 Å². The molecular weight excluding hydrogens is 274 g/mol. The van der Waals surface area contributed by atoms with Gasteiger partial charge in [-0.25, -0.2) is 4.98 Å². The standard InChI is InChI=1S/C15H18ClN3O/c1-9(2)19-8-18-7-13(19)15-6-12(17)11-5-10(16)3-4-14(11)20-15/h3-5,7-9,12,15H,6,17H2,1-2H3/t12-,15?/m1/s1. The lowest BCUT2D eigenvalue weighted by atomic mass is 9.96. The quantitative estimate of drug-likeness (QED) is 0.919. The Bertz CT molecular complexity index is 623. The summed E-state index contributed by atoms with van der Waals surface area (Å²) in [6.07, 6.45) is 4.36. The zero-order valence-electron chi connectivity index (χ0n) is 11.6. The Morgan fingerprint density at radius 3 is 3.00 bits per heavy atom. The Labute approximate surface area is 123 Å². The van der Waals surface area contributed by atoms with Crippen LogP contribution in [0.3, 0.4) is 0 Å². The second-order valence-corrected chi connectivity index (χ2v) is 5.89. The number of aromatic nitrogens is 2. The van der Waals surface area contributed by atoms with E-state index in [1.165, 1.54) is 0 Å². The molecule has 0 saturated heterocycles. The van der Waals surface area contributed by atoms with Crippen molar-refractivity contribution in [3.05, 3.63) is 47.0 Å². The van der Waals surface area contributed by atoms with Crippen LogP contribution in [0.1, 0.15) is 49.7 Å². The van der Waals surface area contributed by atoms with E-state index < -0.39 is 0 Å². The van der Waals surface area contributed by atoms with E-state index in [2.05, 4.69) is 23.4 Å². The summed E-state index contributed by atoms with van der Waals surface area (Å²) in [6.45, 7) is 4.25. The zero-order chi connectivity index (χ0) is 14.3. The molecule has 0 fully saturated rings. The van der Waals surface area contributed by atoms with Crippen LogP contribution in [0.15, 0.2) is 30.7 Å². The van der Waals surface area contributed by atoms with E-state index in [9.17, 15) is 0 Å². The summed E-state index contributed by atoms with van der Waals surface area (Å²) in [5.74, 6) is 0.814. The Balaban J connectivity index is 1.95. The molecule has 1 aliphatic rings. The third-order valence-corrected chi connectivity index (χ3v) is 3.93. The number of nitrogens with two attached hydrogens (primary N) is 1. The lowest BCUT2D eigenvalue weighted by molar-refractivity contribution is 0.151. The number of ether oxygens (including phenoxy) is 1. The van der Waals surface area contributed by atoms with E-state index in [1.54, 1.807) is 0 Å². The maximum atomic E-state index is 6.27. The number of benzene rings is 1. The molecule has 0 spiro atoms. The molecule has 4 nitrogen and oxygen atoms in total. The van der Waals surface area contributed by atoms with E-state index >= 15 is 0 Å². The molecule has 2 N–H and O–H groups in total. The number of hydrogen-bond acceptors (Lipinski definition) is 3. The number of halogens is 1. The van der Waals surface area contributed by atoms with Gasteiger partial charge in [0.25, 0.3) is 0 Å². The highest BCUT2D eigenvalue weighted by atomic mass is 35.5. The number of rotatable bonds is 2. The molecule has 3 rings (SSSR count). The number of imidazole rings is 1. The van der Waals surface area contributed by atoms with Gasteiger partial charge in [-0.2, -0.15) is 0 Å². The molecule has 20 heavy (non-hydrogen) atoms. The van der Waals surface area contributed by atoms with E-state index in [4.69, 9.17) is 22.1 Å². The lowest BCUT2D eigenvalue weighted by Gasteiger charge is -2.31. The lowest BCUT2D eigenvalue weighted by Crippen LogP contribution is -2.26. The van der Waals surface area contributed by atoms with Gasteiger partial charge in [-0.05, 0) is 32.0 Å². The van der Waals surface area contributed by atoms with Crippen LogP contribution in [0.2, 0.25) is 5.02 Å². The Hall–Kier alpha value is -1.52. The van der Waals surface area contributed by atoms with Crippen molar-refractivity contribution in [2.45, 2.75) is 38.5 Å². The van der Waals surface area contributed by atoms with Crippen molar-refractivity contribution in [1.82, 2.24) is 9.55 Å². The fourth-order valence-corrected chi connectivity index (χ4v) is 2.83. The molecule has 1 aromatic carbocycles. The topological polar surface area (TPSA) is 53.1 Å². The monoisotopic (exact) mass is 291 g/mol. The first kappa shape index (κ1) is 13.5. The first-order valence-corrected chi connectivity index (χ1v) is 7.17. The van der Waals surface area contributed by atoms with Crippen LogP contribution in [0.25, 0.3) is 0 Å². The fourth-order valence-electron chi connectivity index (χ4n) is 2.65. The average Bonchev–Trinajstić information content (AvgIpc) is 2.89. The van der Waals surface area contributed by atoms with Crippen LogP contribution in [0.4, 0.5) is 0 Å². The predicted octanol–water partition coefficient (Wildman–Crippen LogP) is 3.64. The Morgan fingerprint density at radius 1 is 1.45 bits per heavy atom. The van der Waals surface area contributed by atoms with Gasteiger partial charge < -0.3 is 15.0 Å². The van der Waals surface area contributed by atoms with Crippen LogP contribution >= 0.6 is 11.6 Å². The van der Waals surface area contributed by atoms with Crippen molar-refractivity contribution in [3.63, 3.8) is 0 Å². The summed E-state index contributed by atoms with van der Waals surface area (Å²) in [4.78, 5) is 4.23. The summed E-state index contributed by atoms with van der Waals surface area (Å²) in [5.41, 5.74) is 8.31. The molecule has 5 heteroatoms. The van der Waals surface area contributed by atoms with E-state index in [1.807, 2.05) is 30.7 Å². The summed E-state index contributed by atoms with van der Waals surface area (Å²) in [7, 11) is 0. The van der Waals surface area contributed by atoms with Gasteiger partial charge >= 0.3 is 0 Å². The van der Waals surface area contributed by atoms with Crippen LogP contribution in [-0.2, 0) is 0 Å². The van der Waals surface area contributed by atoms with Gasteiger partial charge in [0.05, 0.1) is 18.2 Å². The number of hydrogen-bond donors (Lipinski definition) is 1. The molecule has 1 aliphatic heterocycles. The SMILES string of the molecule is CC(C)n1cncc1C1C[C@@H](N)c2cc(Cl)ccc2O1. The second-order valence-electron chi connectivity index (χ2n) is 5.45. The third-order valence-electron chi connectivity index (χ3n) is 3.69. The average molecular weight is 292 g/mol. The molecular formula is C15H18ClN3O. The predicted molar refractivity (Wildman–Crippen MR) is 79.0 cm³/mol. The van der Waals surface area contributed by atoms with Gasteiger partial charge in [0.15, 0.2) is 0 Å². The van der Waals surface area contributed by atoms with Gasteiger partial charge in [0.2, 0.25) is 0 Å². The summed E-state index contributed by atoms with van der Waals surface area (Å²) >= 11 is 6.02. The summed E-state index contributed by atoms with van der Waals surface area (Å²) in [6, 6.07) is 5.88. The van der Waals surface area contributed by atoms with Gasteiger partial charge in [-0.3, -0.25) is 0 Å². The molecule has 0 bridgehead atoms. The highest BCUT2D eigenvalue weighted by Gasteiger charge is 2.29. The molecule has 1 unspecified atom stereocenters. The molecule has 106 valence electrons. The number of nitrogens with zero attached hydrogens (tertiary/aromatic N) is 2. The molecule has 0 radical (unpaired) electrons. The largest absolute Gasteiger partial charge is 0.484 e. The fraction of sp³-hybridized carbons (Fsp3) is 0.400. The van der Waals surface area contributed by atoms with E-state index in [0.717, 1.165) is 23.4 Å². The normalized spacial score (nSPS) is 21.6. The van der Waals surface area contributed by atoms with Crippen LogP contribution in [0.5, 0.6) is 5.75 Å². The van der Waals surface area contributed by atoms with Crippen LogP contribution in [-0.4, -0.2) is 9.55 Å². The van der Waals surface area contributed by atoms with Crippen molar-refractivity contribution in [2.24, 2.45) is 5.73 Å². The summed E-state index contributed by atoms with van der Waals surface area (Å²) in [5, 5.41) is 0.688. The van der Waals surface area contributed by atoms with Gasteiger partial charge in [-0.15, -0.1) is 0 Å². The molecule has 0 aliphatic carbocycles. The molecule has 2 aromatic rings. The minimum absolute atomic E-state index is 0.0661. The molecule has 2 heterocycles. The highest BCUT2D eigenvalue weighted by molar-refractivity contribution is 6.30. The molecule has 2 atom stereocenters. The zero-order valence-corrected chi connectivity index (χ0v) is 12.3. The molecule has 0 saturated carbocycles. The van der Waals surface area contributed by atoms with Gasteiger partial charge in [0.1, 0.15) is 11.9 Å². The molecule has 0 amide bonds. The first-order valence-electron chi connectivity index (χ1n) is 6.79. The van der Waals surface area contributed by atoms with Crippen molar-refractivity contribution in [3.8, 4) is 5.75 Å². The van der Waals surface area contributed by atoms with Crippen LogP contribution in [0, 0.1) is 0 Å². The highest BCUT2D eigenvalue weighted by Crippen LogP contribution is 2.40. The van der Waals surface area contributed by atoms with Crippen molar-refractivity contribution < 1.29 is 4.74 Å². The van der Waals surface area contributed by atoms with Crippen molar-refractivity contribution in [2.75, 3.05) is 0 Å². The molecule has 1 aromatic heterocycles. The maximum absolute atomic E-state index is 6.27. The van der Waals surface area contributed by atoms with Crippen molar-refractivity contribution >= 4 is 11.6 Å². The van der Waals surface area contributed by atoms with E-state index in [-0.39, 0.29) is 12.1 Å².